The van der Waals surface area contributed by atoms with E-state index in [4.69, 9.17) is 14.1 Å². The van der Waals surface area contributed by atoms with Crippen molar-refractivity contribution in [1.82, 2.24) is 20.2 Å². The average Bonchev–Trinajstić information content (AvgIpc) is 3.46. The Morgan fingerprint density at radius 2 is 2.03 bits per heavy atom. The van der Waals surface area contributed by atoms with Gasteiger partial charge < -0.3 is 19.8 Å². The van der Waals surface area contributed by atoms with Crippen LogP contribution in [0.1, 0.15) is 29.7 Å². The van der Waals surface area contributed by atoms with Crippen molar-refractivity contribution in [2.45, 2.75) is 32.7 Å². The molecule has 162 valence electrons. The Morgan fingerprint density at radius 1 is 1.19 bits per heavy atom. The summed E-state index contributed by atoms with van der Waals surface area (Å²) < 4.78 is 12.0. The van der Waals surface area contributed by atoms with Crippen molar-refractivity contribution in [2.75, 3.05) is 38.1 Å². The number of ether oxygens (including phenoxy) is 1. The Balaban J connectivity index is 1.23. The molecule has 0 radical (unpaired) electrons. The van der Waals surface area contributed by atoms with Gasteiger partial charge in [-0.05, 0) is 68.8 Å². The van der Waals surface area contributed by atoms with E-state index in [9.17, 15) is 0 Å². The van der Waals surface area contributed by atoms with Crippen molar-refractivity contribution in [2.24, 2.45) is 0 Å². The molecule has 1 saturated heterocycles. The molecule has 2 aromatic heterocycles. The normalized spacial score (nSPS) is 16.3. The number of furan rings is 1. The molecular formula is C24H29N5O2. The molecule has 0 atom stereocenters. The highest BCUT2D eigenvalue weighted by atomic mass is 16.5. The van der Waals surface area contributed by atoms with E-state index in [2.05, 4.69) is 26.6 Å². The van der Waals surface area contributed by atoms with Crippen molar-refractivity contribution in [3.05, 3.63) is 53.4 Å². The molecule has 1 fully saturated rings. The number of fused-ring (bicyclic) bond motifs is 1. The summed E-state index contributed by atoms with van der Waals surface area (Å²) >= 11 is 0. The van der Waals surface area contributed by atoms with Crippen LogP contribution in [0.2, 0.25) is 0 Å². The second kappa shape index (κ2) is 9.08. The minimum Gasteiger partial charge on any atom is -0.492 e. The third-order valence-electron chi connectivity index (χ3n) is 5.93. The summed E-state index contributed by atoms with van der Waals surface area (Å²) in [6.45, 7) is 7.91. The second-order valence-electron chi connectivity index (χ2n) is 8.26. The number of likely N-dealkylation sites (tertiary alicyclic amines) is 1. The Hall–Kier alpha value is -2.90. The minimum absolute atomic E-state index is 0.552. The van der Waals surface area contributed by atoms with Gasteiger partial charge in [0.25, 0.3) is 0 Å². The van der Waals surface area contributed by atoms with Gasteiger partial charge >= 0.3 is 0 Å². The molecule has 31 heavy (non-hydrogen) atoms. The average molecular weight is 420 g/mol. The van der Waals surface area contributed by atoms with Crippen LogP contribution in [0, 0.1) is 6.92 Å². The highest BCUT2D eigenvalue weighted by Gasteiger charge is 2.18. The lowest BCUT2D eigenvalue weighted by molar-refractivity contribution is 0.238. The molecule has 0 aliphatic carbocycles. The molecule has 2 N–H and O–H groups in total. The van der Waals surface area contributed by atoms with Crippen LogP contribution in [0.5, 0.6) is 5.75 Å². The number of anilines is 2. The standard InChI is InChI=1S/C24H29N5O2/c1-17-15-26-24(28-23(17)22-14-18-16-25-9-8-21(18)31-22)27-19-4-6-20(7-5-19)30-13-12-29-10-2-3-11-29/h4-7,14-15,25H,2-3,8-13,16H2,1H3,(H,26,27,28). The maximum Gasteiger partial charge on any atom is 0.227 e. The molecule has 3 aromatic rings. The number of aromatic nitrogens is 2. The van der Waals surface area contributed by atoms with Gasteiger partial charge in [0.05, 0.1) is 0 Å². The van der Waals surface area contributed by atoms with Crippen LogP contribution in [-0.2, 0) is 13.0 Å². The fourth-order valence-electron chi connectivity index (χ4n) is 4.18. The molecule has 0 bridgehead atoms. The zero-order chi connectivity index (χ0) is 21.0. The number of nitrogens with zero attached hydrogens (tertiary/aromatic N) is 3. The smallest absolute Gasteiger partial charge is 0.227 e. The molecule has 2 aliphatic rings. The van der Waals surface area contributed by atoms with Gasteiger partial charge in [-0.2, -0.15) is 0 Å². The molecule has 7 nitrogen and oxygen atoms in total. The first-order valence-electron chi connectivity index (χ1n) is 11.1. The zero-order valence-electron chi connectivity index (χ0n) is 18.0. The monoisotopic (exact) mass is 419 g/mol. The van der Waals surface area contributed by atoms with E-state index >= 15 is 0 Å². The summed E-state index contributed by atoms with van der Waals surface area (Å²) in [6.07, 6.45) is 5.36. The minimum atomic E-state index is 0.552. The van der Waals surface area contributed by atoms with Crippen LogP contribution in [0.15, 0.2) is 40.9 Å². The van der Waals surface area contributed by atoms with E-state index in [0.717, 1.165) is 66.9 Å². The molecule has 1 aromatic carbocycles. The van der Waals surface area contributed by atoms with E-state index in [1.807, 2.05) is 37.4 Å². The summed E-state index contributed by atoms with van der Waals surface area (Å²) in [5.74, 6) is 3.29. The van der Waals surface area contributed by atoms with Crippen LogP contribution in [0.3, 0.4) is 0 Å². The summed E-state index contributed by atoms with van der Waals surface area (Å²) in [6, 6.07) is 10.0. The van der Waals surface area contributed by atoms with Gasteiger partial charge in [-0.3, -0.25) is 4.90 Å². The Kier molecular flexibility index (Phi) is 5.86. The van der Waals surface area contributed by atoms with Crippen LogP contribution >= 0.6 is 0 Å². The maximum absolute atomic E-state index is 6.09. The van der Waals surface area contributed by atoms with E-state index in [-0.39, 0.29) is 0 Å². The molecule has 4 heterocycles. The lowest BCUT2D eigenvalue weighted by atomic mass is 10.1. The highest BCUT2D eigenvalue weighted by Crippen LogP contribution is 2.29. The van der Waals surface area contributed by atoms with E-state index in [1.54, 1.807) is 0 Å². The lowest BCUT2D eigenvalue weighted by Gasteiger charge is -2.15. The van der Waals surface area contributed by atoms with E-state index in [1.165, 1.54) is 31.5 Å². The number of benzene rings is 1. The third kappa shape index (κ3) is 4.73. The fraction of sp³-hybridized carbons (Fsp3) is 0.417. The van der Waals surface area contributed by atoms with Crippen LogP contribution in [0.4, 0.5) is 11.6 Å². The van der Waals surface area contributed by atoms with Crippen molar-refractivity contribution in [3.63, 3.8) is 0 Å². The van der Waals surface area contributed by atoms with Gasteiger partial charge in [0.2, 0.25) is 5.95 Å². The van der Waals surface area contributed by atoms with Gasteiger partial charge in [-0.25, -0.2) is 9.97 Å². The van der Waals surface area contributed by atoms with E-state index < -0.39 is 0 Å². The van der Waals surface area contributed by atoms with Crippen molar-refractivity contribution in [3.8, 4) is 17.2 Å². The number of rotatable bonds is 7. The van der Waals surface area contributed by atoms with Gasteiger partial charge in [-0.1, -0.05) is 0 Å². The number of hydrogen-bond donors (Lipinski definition) is 2. The number of nitrogens with one attached hydrogen (secondary N) is 2. The van der Waals surface area contributed by atoms with Crippen LogP contribution < -0.4 is 15.4 Å². The van der Waals surface area contributed by atoms with Crippen LogP contribution in [-0.4, -0.2) is 47.7 Å². The lowest BCUT2D eigenvalue weighted by Crippen LogP contribution is -2.25. The summed E-state index contributed by atoms with van der Waals surface area (Å²) in [5.41, 5.74) is 3.96. The topological polar surface area (TPSA) is 75.5 Å². The molecule has 7 heteroatoms. The van der Waals surface area contributed by atoms with Gasteiger partial charge in [0, 0.05) is 43.5 Å². The summed E-state index contributed by atoms with van der Waals surface area (Å²) in [7, 11) is 0. The number of hydrogen-bond acceptors (Lipinski definition) is 7. The molecule has 0 spiro atoms. The fourth-order valence-corrected chi connectivity index (χ4v) is 4.18. The zero-order valence-corrected chi connectivity index (χ0v) is 18.0. The molecule has 2 aliphatic heterocycles. The summed E-state index contributed by atoms with van der Waals surface area (Å²) in [5, 5.41) is 6.67. The van der Waals surface area contributed by atoms with Crippen molar-refractivity contribution in [1.29, 1.82) is 0 Å². The third-order valence-corrected chi connectivity index (χ3v) is 5.93. The largest absolute Gasteiger partial charge is 0.492 e. The first kappa shape index (κ1) is 20.0. The molecule has 0 amide bonds. The highest BCUT2D eigenvalue weighted by molar-refractivity contribution is 5.62. The van der Waals surface area contributed by atoms with Crippen molar-refractivity contribution >= 4 is 11.6 Å². The number of aryl methyl sites for hydroxylation is 1. The quantitative estimate of drug-likeness (QED) is 0.601. The second-order valence-corrected chi connectivity index (χ2v) is 8.26. The molecule has 5 rings (SSSR count). The van der Waals surface area contributed by atoms with Crippen LogP contribution in [0.25, 0.3) is 11.5 Å². The summed E-state index contributed by atoms with van der Waals surface area (Å²) in [4.78, 5) is 11.6. The first-order valence-corrected chi connectivity index (χ1v) is 11.1. The van der Waals surface area contributed by atoms with Crippen molar-refractivity contribution < 1.29 is 9.15 Å². The maximum atomic E-state index is 6.09. The van der Waals surface area contributed by atoms with Gasteiger partial charge in [0.1, 0.15) is 23.8 Å². The molecular weight excluding hydrogens is 390 g/mol. The Morgan fingerprint density at radius 3 is 2.84 bits per heavy atom. The Bertz CT molecular complexity index is 1000. The van der Waals surface area contributed by atoms with E-state index in [0.29, 0.717) is 5.95 Å². The Labute approximate surface area is 182 Å². The van der Waals surface area contributed by atoms with Gasteiger partial charge in [0.15, 0.2) is 5.76 Å². The predicted octanol–water partition coefficient (Wildman–Crippen LogP) is 3.91. The predicted molar refractivity (Wildman–Crippen MR) is 121 cm³/mol. The molecule has 0 saturated carbocycles. The first-order chi connectivity index (χ1) is 15.2. The van der Waals surface area contributed by atoms with Gasteiger partial charge in [-0.15, -0.1) is 0 Å². The molecule has 0 unspecified atom stereocenters. The SMILES string of the molecule is Cc1cnc(Nc2ccc(OCCN3CCCC3)cc2)nc1-c1cc2c(o1)CCNC2.